The zero-order valence-corrected chi connectivity index (χ0v) is 32.1. The molecule has 10 saturated heterocycles. The summed E-state index contributed by atoms with van der Waals surface area (Å²) in [4.78, 5) is 0. The SMILES string of the molecule is C1CCCC(P(C2CCCCCCC2)[C]23[CH]4[CH]5[CH]6[C]2(P(C2CCCCCCC2)C2CCCCCCC2)[Cr]54632789[CH]3[CH]2[CH]7[CH]8[CH]39)CCC1. The van der Waals surface area contributed by atoms with Crippen LogP contribution in [0, 0.1) is 0 Å². The molecule has 252 valence electrons. The van der Waals surface area contributed by atoms with E-state index < -0.39 is 6.65 Å². The van der Waals surface area contributed by atoms with Crippen LogP contribution in [-0.2, 0) is 6.65 Å². The molecule has 14 rings (SSSR count). The van der Waals surface area contributed by atoms with Crippen molar-refractivity contribution in [2.75, 3.05) is 0 Å². The summed E-state index contributed by atoms with van der Waals surface area (Å²) < 4.78 is 14.9. The molecule has 0 N–H and O–H groups in total. The third-order valence-corrected chi connectivity index (χ3v) is 94.7. The van der Waals surface area contributed by atoms with Crippen molar-refractivity contribution >= 4 is 15.8 Å². The van der Waals surface area contributed by atoms with Gasteiger partial charge in [0.25, 0.3) is 0 Å². The molecule has 1 spiro atoms. The number of hydrogen-bond donors (Lipinski definition) is 0. The summed E-state index contributed by atoms with van der Waals surface area (Å²) >= 11 is 0. The maximum atomic E-state index is 1.73. The summed E-state index contributed by atoms with van der Waals surface area (Å²) in [6.45, 7) is -3.83. The van der Waals surface area contributed by atoms with Crippen molar-refractivity contribution in [3.63, 3.8) is 0 Å². The summed E-state index contributed by atoms with van der Waals surface area (Å²) in [5.74, 6) is 0. The first-order valence-electron chi connectivity index (χ1n) is 22.2. The Bertz CT molecular complexity index is 1450. The van der Waals surface area contributed by atoms with Crippen LogP contribution >= 0.6 is 15.8 Å². The molecule has 4 saturated carbocycles. The predicted molar refractivity (Wildman–Crippen MR) is 194 cm³/mol. The van der Waals surface area contributed by atoms with Crippen LogP contribution in [0.15, 0.2) is 0 Å². The van der Waals surface area contributed by atoms with Crippen LogP contribution in [0.3, 0.4) is 0 Å². The summed E-state index contributed by atoms with van der Waals surface area (Å²) in [7, 11) is 0.605. The Morgan fingerprint density at radius 3 is 0.711 bits per heavy atom. The van der Waals surface area contributed by atoms with Gasteiger partial charge in [-0.25, -0.2) is 0 Å². The Labute approximate surface area is 269 Å². The first-order valence-corrected chi connectivity index (χ1v) is 32.3. The standard InChI is InChI=1S/C37H63P2.C5H5.Cr/c1-5-13-22-32(23-14-6-1)38(33-24-15-7-2-8-16-25-33)36-30-21-31-37(36)39(34-26-17-9-3-10-18-27-34)35-28-19-11-4-12-20-29-35;1-2-4-5-3-1;/h21,30-35H,1-20,22-29H2;1-5H;. The van der Waals surface area contributed by atoms with Crippen LogP contribution in [0.1, 0.15) is 180 Å². The third kappa shape index (κ3) is 0.973. The summed E-state index contributed by atoms with van der Waals surface area (Å²) in [6.07, 6.45) is 46.1. The fraction of sp³-hybridized carbons (Fsp3) is 1.00. The van der Waals surface area contributed by atoms with E-state index in [4.69, 9.17) is 0 Å². The van der Waals surface area contributed by atoms with E-state index in [1.165, 1.54) is 30.7 Å². The van der Waals surface area contributed by atoms with E-state index in [1.54, 1.807) is 218 Å². The molecule has 3 heteroatoms. The van der Waals surface area contributed by atoms with Gasteiger partial charge in [0.2, 0.25) is 0 Å². The molecule has 0 aromatic heterocycles. The second-order valence-electron chi connectivity index (χ2n) is 23.6. The van der Waals surface area contributed by atoms with Crippen LogP contribution in [0.2, 0.25) is 38.2 Å². The Hall–Kier alpha value is 1.39. The van der Waals surface area contributed by atoms with Crippen molar-refractivity contribution in [3.8, 4) is 0 Å². The molecular formula is C42H68CrP2. The van der Waals surface area contributed by atoms with E-state index in [2.05, 4.69) is 0 Å². The van der Waals surface area contributed by atoms with Crippen molar-refractivity contribution in [1.82, 2.24) is 0 Å². The monoisotopic (exact) mass is 686 g/mol. The number of fused-ring (bicyclic) bond motifs is 10. The van der Waals surface area contributed by atoms with Crippen LogP contribution in [0.5, 0.6) is 0 Å². The number of rotatable bonds is 6. The molecular weight excluding hydrogens is 618 g/mol. The van der Waals surface area contributed by atoms with Crippen LogP contribution < -0.4 is 0 Å². The van der Waals surface area contributed by atoms with E-state index in [9.17, 15) is 0 Å². The normalized spacial score (nSPS) is 66.4. The van der Waals surface area contributed by atoms with Gasteiger partial charge < -0.3 is 0 Å². The van der Waals surface area contributed by atoms with Gasteiger partial charge in [-0.15, -0.1) is 0 Å². The third-order valence-electron chi connectivity index (χ3n) is 27.4. The van der Waals surface area contributed by atoms with Gasteiger partial charge in [0.15, 0.2) is 0 Å². The van der Waals surface area contributed by atoms with Gasteiger partial charge in [0.1, 0.15) is 0 Å². The van der Waals surface area contributed by atoms with E-state index in [1.807, 2.05) is 0 Å². The zero-order chi connectivity index (χ0) is 29.2. The molecule has 0 bridgehead atoms. The Balaban J connectivity index is 0.985. The summed E-state index contributed by atoms with van der Waals surface area (Å²) in [6, 6.07) is 0. The van der Waals surface area contributed by atoms with Crippen molar-refractivity contribution in [1.29, 1.82) is 0 Å². The van der Waals surface area contributed by atoms with Gasteiger partial charge in [0, 0.05) is 0 Å². The molecule has 0 aromatic rings. The second-order valence-corrected chi connectivity index (χ2v) is 57.4. The molecule has 14 aliphatic rings. The predicted octanol–water partition coefficient (Wildman–Crippen LogP) is 14.6. The molecule has 10 aliphatic heterocycles. The van der Waals surface area contributed by atoms with E-state index in [-0.39, 0.29) is 0 Å². The van der Waals surface area contributed by atoms with E-state index in [0.717, 1.165) is 0 Å². The molecule has 0 nitrogen and oxygen atoms in total. The molecule has 4 atom stereocenters. The summed E-state index contributed by atoms with van der Waals surface area (Å²) in [5.41, 5.74) is 5.04. The van der Waals surface area contributed by atoms with Crippen LogP contribution in [-0.4, -0.2) is 30.7 Å². The van der Waals surface area contributed by atoms with E-state index in [0.29, 0.717) is 15.8 Å². The molecule has 0 aromatic carbocycles. The zero-order valence-electron chi connectivity index (χ0n) is 29.0. The van der Waals surface area contributed by atoms with Crippen molar-refractivity contribution in [2.24, 2.45) is 0 Å². The molecule has 0 radical (unpaired) electrons. The van der Waals surface area contributed by atoms with Gasteiger partial charge in [-0.2, -0.15) is 0 Å². The maximum absolute atomic E-state index is 3.83. The first-order chi connectivity index (χ1) is 22.1. The minimum atomic E-state index is -3.83. The van der Waals surface area contributed by atoms with Crippen LogP contribution in [0.4, 0.5) is 0 Å². The molecule has 0 amide bonds. The quantitative estimate of drug-likeness (QED) is 0.244. The molecule has 45 heavy (non-hydrogen) atoms. The number of hydrogen-bond acceptors (Lipinski definition) is 0. The first kappa shape index (κ1) is 27.1. The van der Waals surface area contributed by atoms with Gasteiger partial charge in [-0.05, 0) is 0 Å². The average Bonchev–Trinajstić information content (AvgIpc) is 3.92. The Morgan fingerprint density at radius 2 is 0.511 bits per heavy atom. The molecule has 4 unspecified atom stereocenters. The van der Waals surface area contributed by atoms with Gasteiger partial charge in [0.05, 0.1) is 0 Å². The van der Waals surface area contributed by atoms with Gasteiger partial charge >= 0.3 is 271 Å². The van der Waals surface area contributed by atoms with Gasteiger partial charge in [-0.1, -0.05) is 0 Å². The van der Waals surface area contributed by atoms with E-state index >= 15 is 0 Å². The van der Waals surface area contributed by atoms with Crippen molar-refractivity contribution in [2.45, 2.75) is 249 Å². The molecule has 4 aliphatic carbocycles. The van der Waals surface area contributed by atoms with Gasteiger partial charge in [-0.3, -0.25) is 0 Å². The minimum absolute atomic E-state index is 0.303. The average molecular weight is 687 g/mol. The fourth-order valence-electron chi connectivity index (χ4n) is 29.2. The Morgan fingerprint density at radius 1 is 0.289 bits per heavy atom. The topological polar surface area (TPSA) is 0 Å². The van der Waals surface area contributed by atoms with Crippen molar-refractivity contribution < 1.29 is 6.65 Å². The molecule has 10 heterocycles. The van der Waals surface area contributed by atoms with Crippen molar-refractivity contribution in [3.05, 3.63) is 0 Å². The molecule has 14 fully saturated rings. The fourth-order valence-corrected chi connectivity index (χ4v) is 161. The second kappa shape index (κ2) is 5.43. The Kier molecular flexibility index (Phi) is 3.27. The summed E-state index contributed by atoms with van der Waals surface area (Å²) in [5, 5.41) is 0. The van der Waals surface area contributed by atoms with Crippen LogP contribution in [0.25, 0.3) is 0 Å².